The Bertz CT molecular complexity index is 460. The van der Waals surface area contributed by atoms with Gasteiger partial charge in [0.15, 0.2) is 0 Å². The molecule has 0 aliphatic heterocycles. The third kappa shape index (κ3) is 5.84. The molecule has 0 radical (unpaired) electrons. The highest BCUT2D eigenvalue weighted by atomic mass is 16.4. The van der Waals surface area contributed by atoms with Crippen LogP contribution in [0.3, 0.4) is 0 Å². The van der Waals surface area contributed by atoms with E-state index in [9.17, 15) is 9.59 Å². The highest BCUT2D eigenvalue weighted by Crippen LogP contribution is 2.10. The van der Waals surface area contributed by atoms with Gasteiger partial charge in [-0.05, 0) is 30.0 Å². The Morgan fingerprint density at radius 3 is 2.55 bits per heavy atom. The van der Waals surface area contributed by atoms with Gasteiger partial charge < -0.3 is 16.2 Å². The standard InChI is InChI=1S/C15H22N2O3/c1-11(9-16)6-7-14(18)17-10-13-5-3-2-4-12(13)8-15(19)20/h2-5,11H,6-10,16H2,1H3,(H,17,18)(H,19,20). The van der Waals surface area contributed by atoms with Crippen LogP contribution in [-0.2, 0) is 22.6 Å². The summed E-state index contributed by atoms with van der Waals surface area (Å²) in [5.41, 5.74) is 7.08. The lowest BCUT2D eigenvalue weighted by molar-refractivity contribution is -0.136. The summed E-state index contributed by atoms with van der Waals surface area (Å²) in [7, 11) is 0. The molecule has 1 atom stereocenters. The third-order valence-electron chi connectivity index (χ3n) is 3.20. The van der Waals surface area contributed by atoms with Crippen LogP contribution < -0.4 is 11.1 Å². The molecule has 0 saturated heterocycles. The molecule has 110 valence electrons. The summed E-state index contributed by atoms with van der Waals surface area (Å²) >= 11 is 0. The van der Waals surface area contributed by atoms with Gasteiger partial charge in [0.25, 0.3) is 0 Å². The lowest BCUT2D eigenvalue weighted by Gasteiger charge is -2.11. The van der Waals surface area contributed by atoms with Gasteiger partial charge in [-0.15, -0.1) is 0 Å². The van der Waals surface area contributed by atoms with E-state index in [1.165, 1.54) is 0 Å². The predicted octanol–water partition coefficient (Wildman–Crippen LogP) is 1.30. The van der Waals surface area contributed by atoms with E-state index < -0.39 is 5.97 Å². The number of amides is 1. The van der Waals surface area contributed by atoms with Crippen molar-refractivity contribution in [3.8, 4) is 0 Å². The summed E-state index contributed by atoms with van der Waals surface area (Å²) in [6.07, 6.45) is 1.18. The molecule has 1 aromatic carbocycles. The van der Waals surface area contributed by atoms with Gasteiger partial charge in [-0.1, -0.05) is 31.2 Å². The molecule has 0 heterocycles. The fourth-order valence-corrected chi connectivity index (χ4v) is 1.84. The minimum absolute atomic E-state index is 0.0315. The number of benzene rings is 1. The second-order valence-electron chi connectivity index (χ2n) is 5.00. The molecule has 1 unspecified atom stereocenters. The molecule has 1 aromatic rings. The number of carbonyl (C=O) groups excluding carboxylic acids is 1. The van der Waals surface area contributed by atoms with Crippen molar-refractivity contribution in [2.75, 3.05) is 6.54 Å². The van der Waals surface area contributed by atoms with Crippen LogP contribution in [0.2, 0.25) is 0 Å². The van der Waals surface area contributed by atoms with Crippen LogP contribution in [0.5, 0.6) is 0 Å². The van der Waals surface area contributed by atoms with Gasteiger partial charge >= 0.3 is 5.97 Å². The van der Waals surface area contributed by atoms with Gasteiger partial charge in [0.2, 0.25) is 5.91 Å². The summed E-state index contributed by atoms with van der Waals surface area (Å²) in [5, 5.41) is 11.7. The monoisotopic (exact) mass is 278 g/mol. The number of nitrogens with one attached hydrogen (secondary N) is 1. The lowest BCUT2D eigenvalue weighted by Crippen LogP contribution is -2.24. The Hall–Kier alpha value is -1.88. The first-order valence-electron chi connectivity index (χ1n) is 6.78. The number of aliphatic carboxylic acids is 1. The number of rotatable bonds is 8. The van der Waals surface area contributed by atoms with Gasteiger partial charge in [-0.3, -0.25) is 9.59 Å². The second kappa shape index (κ2) is 8.32. The van der Waals surface area contributed by atoms with E-state index in [1.807, 2.05) is 19.1 Å². The predicted molar refractivity (Wildman–Crippen MR) is 77.1 cm³/mol. The molecule has 0 aliphatic carbocycles. The van der Waals surface area contributed by atoms with Gasteiger partial charge in [-0.2, -0.15) is 0 Å². The van der Waals surface area contributed by atoms with Crippen LogP contribution in [0.25, 0.3) is 0 Å². The molecule has 5 nitrogen and oxygen atoms in total. The summed E-state index contributed by atoms with van der Waals surface area (Å²) in [4.78, 5) is 22.5. The van der Waals surface area contributed by atoms with Crippen molar-refractivity contribution in [2.45, 2.75) is 32.7 Å². The zero-order chi connectivity index (χ0) is 15.0. The van der Waals surface area contributed by atoms with Crippen molar-refractivity contribution in [3.63, 3.8) is 0 Å². The normalized spacial score (nSPS) is 11.9. The molecule has 0 aromatic heterocycles. The molecule has 1 amide bonds. The highest BCUT2D eigenvalue weighted by Gasteiger charge is 2.08. The molecule has 20 heavy (non-hydrogen) atoms. The van der Waals surface area contributed by atoms with Gasteiger partial charge in [0.05, 0.1) is 6.42 Å². The summed E-state index contributed by atoms with van der Waals surface area (Å²) < 4.78 is 0. The average molecular weight is 278 g/mol. The maximum absolute atomic E-state index is 11.7. The van der Waals surface area contributed by atoms with Crippen molar-refractivity contribution in [3.05, 3.63) is 35.4 Å². The molecule has 4 N–H and O–H groups in total. The Morgan fingerprint density at radius 2 is 1.95 bits per heavy atom. The smallest absolute Gasteiger partial charge is 0.307 e. The van der Waals surface area contributed by atoms with Gasteiger partial charge in [0.1, 0.15) is 0 Å². The minimum atomic E-state index is -0.874. The third-order valence-corrected chi connectivity index (χ3v) is 3.20. The zero-order valence-electron chi connectivity index (χ0n) is 11.8. The topological polar surface area (TPSA) is 92.4 Å². The highest BCUT2D eigenvalue weighted by molar-refractivity contribution is 5.76. The number of carbonyl (C=O) groups is 2. The Morgan fingerprint density at radius 1 is 1.30 bits per heavy atom. The van der Waals surface area contributed by atoms with E-state index in [2.05, 4.69) is 5.32 Å². The first-order valence-corrected chi connectivity index (χ1v) is 6.78. The molecule has 0 aliphatic rings. The largest absolute Gasteiger partial charge is 0.481 e. The Kier molecular flexibility index (Phi) is 6.73. The van der Waals surface area contributed by atoms with Crippen molar-refractivity contribution >= 4 is 11.9 Å². The summed E-state index contributed by atoms with van der Waals surface area (Å²) in [5.74, 6) is -0.573. The number of carboxylic acid groups (broad SMARTS) is 1. The fourth-order valence-electron chi connectivity index (χ4n) is 1.84. The molecule has 0 fully saturated rings. The maximum Gasteiger partial charge on any atom is 0.307 e. The summed E-state index contributed by atoms with van der Waals surface area (Å²) in [6.45, 7) is 2.95. The molecule has 0 spiro atoms. The van der Waals surface area contributed by atoms with Crippen LogP contribution in [0, 0.1) is 5.92 Å². The SMILES string of the molecule is CC(CN)CCC(=O)NCc1ccccc1CC(=O)O. The van der Waals surface area contributed by atoms with Gasteiger partial charge in [-0.25, -0.2) is 0 Å². The zero-order valence-corrected chi connectivity index (χ0v) is 11.8. The lowest BCUT2D eigenvalue weighted by atomic mass is 10.0. The quantitative estimate of drug-likeness (QED) is 0.668. The van der Waals surface area contributed by atoms with Crippen molar-refractivity contribution in [1.29, 1.82) is 0 Å². The molecule has 0 bridgehead atoms. The van der Waals surface area contributed by atoms with Crippen LogP contribution in [-0.4, -0.2) is 23.5 Å². The van der Waals surface area contributed by atoms with E-state index >= 15 is 0 Å². The number of nitrogens with two attached hydrogens (primary N) is 1. The molecular weight excluding hydrogens is 256 g/mol. The van der Waals surface area contributed by atoms with Crippen molar-refractivity contribution < 1.29 is 14.7 Å². The minimum Gasteiger partial charge on any atom is -0.481 e. The van der Waals surface area contributed by atoms with E-state index in [0.717, 1.165) is 17.5 Å². The van der Waals surface area contributed by atoms with E-state index in [1.54, 1.807) is 12.1 Å². The molecule has 0 saturated carbocycles. The van der Waals surface area contributed by atoms with Crippen LogP contribution in [0.15, 0.2) is 24.3 Å². The van der Waals surface area contributed by atoms with Crippen molar-refractivity contribution in [2.24, 2.45) is 11.7 Å². The first kappa shape index (κ1) is 16.2. The summed E-state index contributed by atoms with van der Waals surface area (Å²) in [6, 6.07) is 7.24. The van der Waals surface area contributed by atoms with Crippen LogP contribution >= 0.6 is 0 Å². The van der Waals surface area contributed by atoms with Crippen molar-refractivity contribution in [1.82, 2.24) is 5.32 Å². The fraction of sp³-hybridized carbons (Fsp3) is 0.467. The molecule has 1 rings (SSSR count). The average Bonchev–Trinajstić information content (AvgIpc) is 2.43. The maximum atomic E-state index is 11.7. The van der Waals surface area contributed by atoms with Gasteiger partial charge in [0, 0.05) is 13.0 Å². The number of hydrogen-bond acceptors (Lipinski definition) is 3. The number of carboxylic acids is 1. The Labute approximate surface area is 119 Å². The molecular formula is C15H22N2O3. The Balaban J connectivity index is 2.48. The second-order valence-corrected chi connectivity index (χ2v) is 5.00. The van der Waals surface area contributed by atoms with Crippen LogP contribution in [0.1, 0.15) is 30.9 Å². The van der Waals surface area contributed by atoms with E-state index in [-0.39, 0.29) is 12.3 Å². The van der Waals surface area contributed by atoms with E-state index in [4.69, 9.17) is 10.8 Å². The van der Waals surface area contributed by atoms with Crippen LogP contribution in [0.4, 0.5) is 0 Å². The first-order chi connectivity index (χ1) is 9.52. The number of hydrogen-bond donors (Lipinski definition) is 3. The molecule has 5 heteroatoms. The van der Waals surface area contributed by atoms with E-state index in [0.29, 0.717) is 25.4 Å².